The minimum Gasteiger partial charge on any atom is -0.376 e. The van der Waals surface area contributed by atoms with Crippen LogP contribution in [0.15, 0.2) is 223 Å². The zero-order valence-corrected chi connectivity index (χ0v) is 42.0. The van der Waals surface area contributed by atoms with E-state index in [-0.39, 0.29) is 5.78 Å². The first-order valence-electron chi connectivity index (χ1n) is 22.9. The van der Waals surface area contributed by atoms with Gasteiger partial charge in [0.25, 0.3) is 0 Å². The van der Waals surface area contributed by atoms with Gasteiger partial charge >= 0.3 is 0 Å². The molecule has 9 heteroatoms. The fraction of sp³-hybridized carbons (Fsp3) is 0.0161. The van der Waals surface area contributed by atoms with Crippen LogP contribution in [0.5, 0.6) is 0 Å². The van der Waals surface area contributed by atoms with Gasteiger partial charge in [-0.2, -0.15) is 0 Å². The molecule has 0 radical (unpaired) electrons. The monoisotopic (exact) mass is 1060 g/mol. The van der Waals surface area contributed by atoms with Gasteiger partial charge in [0.1, 0.15) is 5.60 Å². The molecule has 0 saturated heterocycles. The lowest BCUT2D eigenvalue weighted by molar-refractivity contribution is 0.104. The van der Waals surface area contributed by atoms with Crippen molar-refractivity contribution < 1.29 is 9.90 Å². The molecule has 2 heterocycles. The maximum atomic E-state index is 12.6. The molecule has 12 aromatic rings. The smallest absolute Gasteiger partial charge is 0.194 e. The van der Waals surface area contributed by atoms with E-state index in [2.05, 4.69) is 49.3 Å². The predicted octanol–water partition coefficient (Wildman–Crippen LogP) is 18.1. The minimum absolute atomic E-state index is 0.149. The molecule has 71 heavy (non-hydrogen) atoms. The van der Waals surface area contributed by atoms with Crippen molar-refractivity contribution in [3.8, 4) is 33.6 Å². The molecule has 2 aromatic heterocycles. The van der Waals surface area contributed by atoms with Gasteiger partial charge in [0.2, 0.25) is 0 Å². The highest BCUT2D eigenvalue weighted by Crippen LogP contribution is 2.52. The zero-order valence-electron chi connectivity index (χ0n) is 37.4. The Labute approximate surface area is 437 Å². The minimum atomic E-state index is -1.30. The Bertz CT molecular complexity index is 3930. The second kappa shape index (κ2) is 18.0. The molecule has 10 aromatic carbocycles. The van der Waals surface area contributed by atoms with Crippen molar-refractivity contribution in [2.75, 3.05) is 0 Å². The predicted molar refractivity (Wildman–Crippen MR) is 299 cm³/mol. The SMILES string of the molecule is Clc1ccc2c(c1)c1cc(Cl)ccc1n2-c1ccccc1Br.O=C1c2ccccc2-c2ccccc21.OC1(c2ccccc2-n2c3ccc(Cl)cc3c3cc(Cl)ccc32)c2ccccc2-c2ccccc21. The molecule has 0 amide bonds. The molecular weight excluding hydrogens is 1030 g/mol. The van der Waals surface area contributed by atoms with Crippen LogP contribution in [0.25, 0.3) is 77.2 Å². The largest absolute Gasteiger partial charge is 0.376 e. The number of rotatable bonds is 3. The van der Waals surface area contributed by atoms with E-state index in [4.69, 9.17) is 46.4 Å². The summed E-state index contributed by atoms with van der Waals surface area (Å²) in [6, 6.07) is 71.7. The van der Waals surface area contributed by atoms with Crippen molar-refractivity contribution in [3.05, 3.63) is 271 Å². The molecule has 0 aliphatic heterocycles. The molecule has 0 unspecified atom stereocenters. The third-order valence-corrected chi connectivity index (χ3v) is 15.2. The van der Waals surface area contributed by atoms with Crippen LogP contribution in [0.1, 0.15) is 32.6 Å². The Hall–Kier alpha value is -6.93. The van der Waals surface area contributed by atoms with Crippen LogP contribution in [-0.2, 0) is 5.60 Å². The van der Waals surface area contributed by atoms with E-state index in [1.165, 1.54) is 0 Å². The first kappa shape index (κ1) is 45.2. The number of hydrogen-bond donors (Lipinski definition) is 1. The van der Waals surface area contributed by atoms with Crippen LogP contribution in [0.4, 0.5) is 0 Å². The van der Waals surface area contributed by atoms with E-state index >= 15 is 0 Å². The molecule has 0 fully saturated rings. The lowest BCUT2D eigenvalue weighted by Gasteiger charge is -2.29. The van der Waals surface area contributed by atoms with Gasteiger partial charge in [0, 0.05) is 73.9 Å². The number of nitrogens with zero attached hydrogens (tertiary/aromatic N) is 2. The highest BCUT2D eigenvalue weighted by atomic mass is 79.9. The summed E-state index contributed by atoms with van der Waals surface area (Å²) in [5.41, 5.74) is 13.4. The average molecular weight is 1060 g/mol. The van der Waals surface area contributed by atoms with Crippen LogP contribution in [0.3, 0.4) is 0 Å². The number of fused-ring (bicyclic) bond motifs is 12. The Morgan fingerprint density at radius 3 is 1.07 bits per heavy atom. The summed E-state index contributed by atoms with van der Waals surface area (Å²) >= 11 is 28.8. The van der Waals surface area contributed by atoms with Crippen molar-refractivity contribution in [2.24, 2.45) is 0 Å². The van der Waals surface area contributed by atoms with Gasteiger partial charge in [0.15, 0.2) is 5.78 Å². The molecule has 0 saturated carbocycles. The number of carbonyl (C=O) groups is 1. The average Bonchev–Trinajstić information content (AvgIpc) is 4.07. The molecule has 2 aliphatic rings. The fourth-order valence-electron chi connectivity index (χ4n) is 10.5. The third-order valence-electron chi connectivity index (χ3n) is 13.6. The Kier molecular flexibility index (Phi) is 11.5. The van der Waals surface area contributed by atoms with Crippen molar-refractivity contribution in [1.82, 2.24) is 9.13 Å². The Morgan fingerprint density at radius 2 is 0.662 bits per heavy atom. The summed E-state index contributed by atoms with van der Waals surface area (Å²) in [7, 11) is 0. The van der Waals surface area contributed by atoms with E-state index in [9.17, 15) is 9.90 Å². The summed E-state index contributed by atoms with van der Waals surface area (Å²) < 4.78 is 5.47. The summed E-state index contributed by atoms with van der Waals surface area (Å²) in [6.07, 6.45) is 0. The molecule has 2 aliphatic carbocycles. The highest BCUT2D eigenvalue weighted by molar-refractivity contribution is 9.10. The number of benzene rings is 10. The molecule has 0 bridgehead atoms. The second-order valence-electron chi connectivity index (χ2n) is 17.5. The number of aromatic nitrogens is 2. The lowest BCUT2D eigenvalue weighted by atomic mass is 9.83. The van der Waals surface area contributed by atoms with Crippen molar-refractivity contribution in [2.45, 2.75) is 5.60 Å². The van der Waals surface area contributed by atoms with Crippen LogP contribution in [0.2, 0.25) is 20.1 Å². The number of halogens is 5. The number of para-hydroxylation sites is 2. The van der Waals surface area contributed by atoms with Crippen molar-refractivity contribution in [3.63, 3.8) is 0 Å². The summed E-state index contributed by atoms with van der Waals surface area (Å²) in [5, 5.41) is 19.6. The summed E-state index contributed by atoms with van der Waals surface area (Å²) in [5.74, 6) is 0.149. The fourth-order valence-corrected chi connectivity index (χ4v) is 11.7. The number of carbonyl (C=O) groups excluding carboxylic acids is 1. The van der Waals surface area contributed by atoms with Gasteiger partial charge in [-0.3, -0.25) is 4.79 Å². The van der Waals surface area contributed by atoms with Gasteiger partial charge in [-0.1, -0.05) is 174 Å². The van der Waals surface area contributed by atoms with E-state index in [0.717, 1.165) is 120 Å². The van der Waals surface area contributed by atoms with E-state index < -0.39 is 5.60 Å². The number of aliphatic hydroxyl groups is 1. The van der Waals surface area contributed by atoms with Gasteiger partial charge < -0.3 is 14.2 Å². The van der Waals surface area contributed by atoms with Gasteiger partial charge in [0.05, 0.1) is 33.4 Å². The van der Waals surface area contributed by atoms with Crippen LogP contribution in [0, 0.1) is 0 Å². The normalized spacial score (nSPS) is 12.8. The molecular formula is C62H37BrCl4N2O2. The molecule has 0 atom stereocenters. The van der Waals surface area contributed by atoms with Gasteiger partial charge in [-0.05, 0) is 129 Å². The lowest BCUT2D eigenvalue weighted by Crippen LogP contribution is -2.28. The van der Waals surface area contributed by atoms with E-state index in [1.54, 1.807) is 0 Å². The maximum absolute atomic E-state index is 12.6. The number of ketones is 1. The second-order valence-corrected chi connectivity index (χ2v) is 20.1. The quantitative estimate of drug-likeness (QED) is 0.192. The summed E-state index contributed by atoms with van der Waals surface area (Å²) in [4.78, 5) is 11.9. The molecule has 4 nitrogen and oxygen atoms in total. The van der Waals surface area contributed by atoms with Gasteiger partial charge in [-0.25, -0.2) is 0 Å². The van der Waals surface area contributed by atoms with Crippen molar-refractivity contribution >= 4 is 112 Å². The van der Waals surface area contributed by atoms with Crippen molar-refractivity contribution in [1.29, 1.82) is 0 Å². The first-order valence-corrected chi connectivity index (χ1v) is 25.2. The molecule has 0 spiro atoms. The van der Waals surface area contributed by atoms with Crippen LogP contribution < -0.4 is 0 Å². The Morgan fingerprint density at radius 1 is 0.352 bits per heavy atom. The Balaban J connectivity index is 0.000000122. The van der Waals surface area contributed by atoms with E-state index in [1.807, 2.05) is 194 Å². The molecule has 1 N–H and O–H groups in total. The maximum Gasteiger partial charge on any atom is 0.194 e. The van der Waals surface area contributed by atoms with E-state index in [0.29, 0.717) is 10.0 Å². The molecule has 342 valence electrons. The first-order chi connectivity index (χ1) is 34.6. The van der Waals surface area contributed by atoms with Crippen LogP contribution in [-0.4, -0.2) is 20.0 Å². The third kappa shape index (κ3) is 7.50. The molecule has 14 rings (SSSR count). The van der Waals surface area contributed by atoms with Crippen LogP contribution >= 0.6 is 62.3 Å². The summed E-state index contributed by atoms with van der Waals surface area (Å²) in [6.45, 7) is 0. The number of hydrogen-bond acceptors (Lipinski definition) is 2. The zero-order chi connectivity index (χ0) is 48.5. The topological polar surface area (TPSA) is 47.2 Å². The van der Waals surface area contributed by atoms with Gasteiger partial charge in [-0.15, -0.1) is 0 Å². The standard InChI is InChI=1S/C31H19Cl2NO.C18H10BrCl2N.C13H8O/c32-19-13-15-28-23(17-19)24-18-20(33)14-16-29(24)34(28)30-12-6-5-11-27(30)31(35)25-9-3-1-7-21(25)22-8-2-4-10-26(22)31;19-15-3-1-2-4-18(15)22-16-7-5-11(20)9-13(16)14-10-12(21)6-8-17(14)22;14-13-11-7-3-1-5-9(11)10-6-2-4-8-12(10)13/h1-18,35H;1-10H;1-8H. The highest BCUT2D eigenvalue weighted by Gasteiger charge is 2.44.